The van der Waals surface area contributed by atoms with E-state index in [0.717, 1.165) is 5.56 Å². The van der Waals surface area contributed by atoms with Crippen LogP contribution in [-0.2, 0) is 0 Å². The summed E-state index contributed by atoms with van der Waals surface area (Å²) in [5, 5.41) is 18.5. The van der Waals surface area contributed by atoms with E-state index in [0.29, 0.717) is 8.95 Å². The van der Waals surface area contributed by atoms with Crippen molar-refractivity contribution < 1.29 is 10.2 Å². The third-order valence-electron chi connectivity index (χ3n) is 1.34. The van der Waals surface area contributed by atoms with Crippen molar-refractivity contribution in [2.45, 2.75) is 6.92 Å². The normalized spacial score (nSPS) is 10.1. The van der Waals surface area contributed by atoms with Gasteiger partial charge in [-0.1, -0.05) is 0 Å². The van der Waals surface area contributed by atoms with Crippen molar-refractivity contribution in [1.29, 1.82) is 0 Å². The quantitative estimate of drug-likeness (QED) is 0.768. The molecule has 1 rings (SSSR count). The summed E-state index contributed by atoms with van der Waals surface area (Å²) in [5.41, 5.74) is 0.795. The van der Waals surface area contributed by atoms with Crippen molar-refractivity contribution in [2.75, 3.05) is 0 Å². The first-order chi connectivity index (χ1) is 5.04. The molecule has 0 atom stereocenters. The highest BCUT2D eigenvalue weighted by Crippen LogP contribution is 2.40. The van der Waals surface area contributed by atoms with Crippen molar-refractivity contribution in [1.82, 2.24) is 0 Å². The Morgan fingerprint density at radius 2 is 1.73 bits per heavy atom. The topological polar surface area (TPSA) is 40.5 Å². The van der Waals surface area contributed by atoms with Crippen LogP contribution >= 0.6 is 31.9 Å². The Morgan fingerprint density at radius 1 is 1.18 bits per heavy atom. The molecule has 0 spiro atoms. The Kier molecular flexibility index (Phi) is 2.44. The molecule has 2 N–H and O–H groups in total. The van der Waals surface area contributed by atoms with E-state index in [2.05, 4.69) is 31.9 Å². The zero-order valence-electron chi connectivity index (χ0n) is 5.73. The van der Waals surface area contributed by atoms with Gasteiger partial charge in [-0.15, -0.1) is 0 Å². The largest absolute Gasteiger partial charge is 0.507 e. The van der Waals surface area contributed by atoms with Crippen LogP contribution in [-0.4, -0.2) is 10.2 Å². The first-order valence-corrected chi connectivity index (χ1v) is 4.49. The summed E-state index contributed by atoms with van der Waals surface area (Å²) in [4.78, 5) is 0. The molecule has 0 fully saturated rings. The van der Waals surface area contributed by atoms with Crippen LogP contribution in [0.15, 0.2) is 15.0 Å². The van der Waals surface area contributed by atoms with Crippen LogP contribution in [0.5, 0.6) is 11.5 Å². The van der Waals surface area contributed by atoms with E-state index in [1.165, 1.54) is 0 Å². The van der Waals surface area contributed by atoms with Crippen LogP contribution in [0.25, 0.3) is 0 Å². The second-order valence-corrected chi connectivity index (χ2v) is 3.78. The van der Waals surface area contributed by atoms with Crippen molar-refractivity contribution in [2.24, 2.45) is 0 Å². The molecule has 0 bridgehead atoms. The summed E-state index contributed by atoms with van der Waals surface area (Å²) in [6, 6.07) is 1.56. The minimum atomic E-state index is 0.0301. The molecule has 60 valence electrons. The predicted molar refractivity (Wildman–Crippen MR) is 49.9 cm³/mol. The molecular formula is C7H6Br2O2. The highest BCUT2D eigenvalue weighted by Gasteiger charge is 2.10. The first-order valence-electron chi connectivity index (χ1n) is 2.90. The molecule has 11 heavy (non-hydrogen) atoms. The molecule has 0 amide bonds. The summed E-state index contributed by atoms with van der Waals surface area (Å²) >= 11 is 6.21. The van der Waals surface area contributed by atoms with Gasteiger partial charge in [-0.3, -0.25) is 0 Å². The van der Waals surface area contributed by atoms with Gasteiger partial charge in [0.25, 0.3) is 0 Å². The predicted octanol–water partition coefficient (Wildman–Crippen LogP) is 2.93. The van der Waals surface area contributed by atoms with Gasteiger partial charge in [-0.2, -0.15) is 0 Å². The molecular weight excluding hydrogens is 276 g/mol. The van der Waals surface area contributed by atoms with Crippen LogP contribution in [0, 0.1) is 6.92 Å². The van der Waals surface area contributed by atoms with Gasteiger partial charge in [0.2, 0.25) is 0 Å². The highest BCUT2D eigenvalue weighted by molar-refractivity contribution is 9.11. The van der Waals surface area contributed by atoms with E-state index >= 15 is 0 Å². The fourth-order valence-corrected chi connectivity index (χ4v) is 1.63. The van der Waals surface area contributed by atoms with E-state index in [1.807, 2.05) is 0 Å². The molecule has 0 radical (unpaired) electrons. The lowest BCUT2D eigenvalue weighted by Crippen LogP contribution is -1.79. The van der Waals surface area contributed by atoms with Crippen molar-refractivity contribution >= 4 is 31.9 Å². The SMILES string of the molecule is Cc1cc(O)c(Br)c(O)c1Br. The second kappa shape index (κ2) is 3.03. The van der Waals surface area contributed by atoms with E-state index in [4.69, 9.17) is 0 Å². The van der Waals surface area contributed by atoms with Crippen molar-refractivity contribution in [3.05, 3.63) is 20.6 Å². The molecule has 2 nitrogen and oxygen atoms in total. The summed E-state index contributed by atoms with van der Waals surface area (Å²) in [5.74, 6) is 0.0747. The summed E-state index contributed by atoms with van der Waals surface area (Å²) in [7, 11) is 0. The molecule has 0 saturated carbocycles. The Labute approximate surface area is 81.1 Å². The zero-order valence-corrected chi connectivity index (χ0v) is 8.90. The van der Waals surface area contributed by atoms with Gasteiger partial charge >= 0.3 is 0 Å². The number of halogens is 2. The van der Waals surface area contributed by atoms with E-state index in [-0.39, 0.29) is 11.5 Å². The molecule has 4 heteroatoms. The van der Waals surface area contributed by atoms with E-state index in [9.17, 15) is 10.2 Å². The van der Waals surface area contributed by atoms with Gasteiger partial charge in [0.1, 0.15) is 16.0 Å². The number of rotatable bonds is 0. The van der Waals surface area contributed by atoms with Gasteiger partial charge in [-0.25, -0.2) is 0 Å². The second-order valence-electron chi connectivity index (χ2n) is 2.19. The van der Waals surface area contributed by atoms with Gasteiger partial charge in [0, 0.05) is 0 Å². The third-order valence-corrected chi connectivity index (χ3v) is 3.12. The maximum absolute atomic E-state index is 9.31. The van der Waals surface area contributed by atoms with Gasteiger partial charge in [0.05, 0.1) is 4.47 Å². The molecule has 0 aliphatic carbocycles. The highest BCUT2D eigenvalue weighted by atomic mass is 79.9. The molecule has 0 aromatic heterocycles. The lowest BCUT2D eigenvalue weighted by molar-refractivity contribution is 0.441. The molecule has 0 aliphatic heterocycles. The number of phenolic OH excluding ortho intramolecular Hbond substituents is 2. The average molecular weight is 282 g/mol. The van der Waals surface area contributed by atoms with Crippen LogP contribution in [0.3, 0.4) is 0 Å². The summed E-state index contributed by atoms with van der Waals surface area (Å²) < 4.78 is 0.914. The van der Waals surface area contributed by atoms with Crippen LogP contribution in [0.2, 0.25) is 0 Å². The lowest BCUT2D eigenvalue weighted by Gasteiger charge is -2.05. The zero-order chi connectivity index (χ0) is 8.59. The van der Waals surface area contributed by atoms with Gasteiger partial charge < -0.3 is 10.2 Å². The molecule has 1 aromatic rings. The number of phenols is 2. The average Bonchev–Trinajstić information content (AvgIpc) is 1.97. The molecule has 0 aliphatic rings. The van der Waals surface area contributed by atoms with Crippen molar-refractivity contribution in [3.63, 3.8) is 0 Å². The Bertz CT molecular complexity index is 271. The number of hydrogen-bond acceptors (Lipinski definition) is 2. The third kappa shape index (κ3) is 1.51. The number of aromatic hydroxyl groups is 2. The van der Waals surface area contributed by atoms with Gasteiger partial charge in [-0.05, 0) is 50.4 Å². The van der Waals surface area contributed by atoms with Crippen LogP contribution < -0.4 is 0 Å². The first kappa shape index (κ1) is 8.87. The molecule has 0 heterocycles. The van der Waals surface area contributed by atoms with E-state index < -0.39 is 0 Å². The fourth-order valence-electron chi connectivity index (χ4n) is 0.736. The monoisotopic (exact) mass is 280 g/mol. The standard InChI is InChI=1S/C7H6Br2O2/c1-3-2-4(10)6(9)7(11)5(3)8/h2,10-11H,1H3. The maximum atomic E-state index is 9.31. The van der Waals surface area contributed by atoms with Crippen molar-refractivity contribution in [3.8, 4) is 11.5 Å². The van der Waals surface area contributed by atoms with Gasteiger partial charge in [0.15, 0.2) is 0 Å². The number of aryl methyl sites for hydroxylation is 1. The Hall–Kier alpha value is -0.220. The Balaban J connectivity index is 3.46. The summed E-state index contributed by atoms with van der Waals surface area (Å²) in [6.45, 7) is 1.79. The maximum Gasteiger partial charge on any atom is 0.147 e. The summed E-state index contributed by atoms with van der Waals surface area (Å²) in [6.07, 6.45) is 0. The fraction of sp³-hybridized carbons (Fsp3) is 0.143. The van der Waals surface area contributed by atoms with Crippen LogP contribution in [0.4, 0.5) is 0 Å². The Morgan fingerprint density at radius 3 is 2.27 bits per heavy atom. The molecule has 0 saturated heterocycles. The molecule has 0 unspecified atom stereocenters. The van der Waals surface area contributed by atoms with Crippen LogP contribution in [0.1, 0.15) is 5.56 Å². The minimum absolute atomic E-state index is 0.0301. The van der Waals surface area contributed by atoms with E-state index in [1.54, 1.807) is 13.0 Å². The lowest BCUT2D eigenvalue weighted by atomic mass is 10.2. The minimum Gasteiger partial charge on any atom is -0.507 e. The molecule has 1 aromatic carbocycles. The number of hydrogen-bond donors (Lipinski definition) is 2. The number of benzene rings is 1. The smallest absolute Gasteiger partial charge is 0.147 e.